The summed E-state index contributed by atoms with van der Waals surface area (Å²) in [7, 11) is 0. The maximum Gasteiger partial charge on any atom is 0.227 e. The summed E-state index contributed by atoms with van der Waals surface area (Å²) in [5.41, 5.74) is 7.84. The average Bonchev–Trinajstić information content (AvgIpc) is 2.78. The predicted octanol–water partition coefficient (Wildman–Crippen LogP) is 9.10. The highest BCUT2D eigenvalue weighted by Gasteiger charge is 2.19. The van der Waals surface area contributed by atoms with Crippen molar-refractivity contribution in [1.82, 2.24) is 0 Å². The Morgan fingerprint density at radius 1 is 0.848 bits per heavy atom. The molecule has 1 aliphatic carbocycles. The number of amides is 1. The molecular formula is C31H47NO. The van der Waals surface area contributed by atoms with E-state index >= 15 is 0 Å². The highest BCUT2D eigenvalue weighted by atomic mass is 16.1. The SMILES string of the molecule is CC(=C1CCC1)c1ccccc1NC(=O)C(C)C(C)C.CCC.CCc1ccc(CC)cc1. The number of nitrogens with one attached hydrogen (secondary N) is 1. The number of anilines is 1. The molecule has 2 aromatic rings. The van der Waals surface area contributed by atoms with Crippen LogP contribution in [0.4, 0.5) is 5.69 Å². The minimum Gasteiger partial charge on any atom is -0.325 e. The summed E-state index contributed by atoms with van der Waals surface area (Å²) in [6, 6.07) is 17.0. The van der Waals surface area contributed by atoms with Crippen molar-refractivity contribution in [1.29, 1.82) is 0 Å². The first kappa shape index (κ1) is 28.7. The number of rotatable bonds is 6. The number of carbonyl (C=O) groups is 1. The summed E-state index contributed by atoms with van der Waals surface area (Å²) in [4.78, 5) is 12.3. The lowest BCUT2D eigenvalue weighted by Gasteiger charge is -2.22. The number of hydrogen-bond acceptors (Lipinski definition) is 1. The van der Waals surface area contributed by atoms with Gasteiger partial charge in [-0.25, -0.2) is 0 Å². The Kier molecular flexibility index (Phi) is 13.5. The van der Waals surface area contributed by atoms with E-state index in [1.165, 1.54) is 53.5 Å². The molecule has 1 aliphatic rings. The largest absolute Gasteiger partial charge is 0.325 e. The number of hydrogen-bond donors (Lipinski definition) is 1. The third-order valence-electron chi connectivity index (χ3n) is 6.33. The summed E-state index contributed by atoms with van der Waals surface area (Å²) in [6.45, 7) is 16.9. The van der Waals surface area contributed by atoms with Gasteiger partial charge >= 0.3 is 0 Å². The second-order valence-corrected chi connectivity index (χ2v) is 9.38. The van der Waals surface area contributed by atoms with E-state index in [-0.39, 0.29) is 11.8 Å². The molecule has 1 N–H and O–H groups in total. The number of aryl methyl sites for hydroxylation is 2. The monoisotopic (exact) mass is 449 g/mol. The molecular weight excluding hydrogens is 402 g/mol. The predicted molar refractivity (Wildman–Crippen MR) is 147 cm³/mol. The Morgan fingerprint density at radius 3 is 1.73 bits per heavy atom. The van der Waals surface area contributed by atoms with Gasteiger partial charge in [0.25, 0.3) is 0 Å². The quantitative estimate of drug-likeness (QED) is 0.468. The molecule has 1 saturated carbocycles. The molecule has 0 heterocycles. The van der Waals surface area contributed by atoms with E-state index in [0.717, 1.165) is 18.5 Å². The van der Waals surface area contributed by atoms with Gasteiger partial charge in [-0.1, -0.05) is 103 Å². The van der Waals surface area contributed by atoms with Crippen molar-refractivity contribution in [3.63, 3.8) is 0 Å². The number of allylic oxidation sites excluding steroid dienone is 2. The third kappa shape index (κ3) is 9.58. The van der Waals surface area contributed by atoms with Crippen molar-refractivity contribution in [2.45, 2.75) is 93.9 Å². The van der Waals surface area contributed by atoms with Crippen molar-refractivity contribution < 1.29 is 4.79 Å². The van der Waals surface area contributed by atoms with Crippen LogP contribution in [0.3, 0.4) is 0 Å². The van der Waals surface area contributed by atoms with Gasteiger partial charge in [0.15, 0.2) is 0 Å². The standard InChI is InChI=1S/C18H25NO.C10H14.C3H8/c1-12(2)13(3)18(20)19-17-11-6-5-10-16(17)14(4)15-8-7-9-15;1-3-9-5-7-10(4-2)8-6-9;1-3-2/h5-6,10-13H,7-9H2,1-4H3,(H,19,20);5-8H,3-4H2,1-2H3;3H2,1-2H3. The fraction of sp³-hybridized carbons (Fsp3) is 0.516. The molecule has 3 rings (SSSR count). The molecule has 1 amide bonds. The van der Waals surface area contributed by atoms with Crippen LogP contribution in [-0.4, -0.2) is 5.91 Å². The van der Waals surface area contributed by atoms with Crippen LogP contribution in [0.5, 0.6) is 0 Å². The lowest BCUT2D eigenvalue weighted by Crippen LogP contribution is -2.24. The van der Waals surface area contributed by atoms with Crippen LogP contribution in [0.25, 0.3) is 5.57 Å². The zero-order valence-electron chi connectivity index (χ0n) is 22.4. The Hall–Kier alpha value is -2.35. The van der Waals surface area contributed by atoms with Crippen molar-refractivity contribution in [2.75, 3.05) is 5.32 Å². The van der Waals surface area contributed by atoms with Gasteiger partial charge in [0.05, 0.1) is 0 Å². The molecule has 2 nitrogen and oxygen atoms in total. The molecule has 0 aromatic heterocycles. The Morgan fingerprint density at radius 2 is 1.33 bits per heavy atom. The van der Waals surface area contributed by atoms with Gasteiger partial charge in [-0.2, -0.15) is 0 Å². The molecule has 0 radical (unpaired) electrons. The first-order valence-electron chi connectivity index (χ1n) is 12.9. The lowest BCUT2D eigenvalue weighted by atomic mass is 9.85. The maximum absolute atomic E-state index is 12.3. The van der Waals surface area contributed by atoms with Crippen molar-refractivity contribution in [3.8, 4) is 0 Å². The summed E-state index contributed by atoms with van der Waals surface area (Å²) < 4.78 is 0. The Labute approximate surface area is 203 Å². The molecule has 1 atom stereocenters. The molecule has 0 spiro atoms. The topological polar surface area (TPSA) is 29.1 Å². The number of benzene rings is 2. The van der Waals surface area contributed by atoms with Gasteiger partial charge < -0.3 is 5.32 Å². The van der Waals surface area contributed by atoms with Crippen molar-refractivity contribution >= 4 is 17.2 Å². The Bertz CT molecular complexity index is 832. The van der Waals surface area contributed by atoms with E-state index in [9.17, 15) is 4.79 Å². The molecule has 1 unspecified atom stereocenters. The van der Waals surface area contributed by atoms with Gasteiger partial charge in [-0.15, -0.1) is 0 Å². The molecule has 2 heteroatoms. The van der Waals surface area contributed by atoms with E-state index in [0.29, 0.717) is 5.92 Å². The summed E-state index contributed by atoms with van der Waals surface area (Å²) in [5.74, 6) is 0.492. The lowest BCUT2D eigenvalue weighted by molar-refractivity contribution is -0.120. The first-order chi connectivity index (χ1) is 15.8. The fourth-order valence-corrected chi connectivity index (χ4v) is 3.40. The van der Waals surface area contributed by atoms with Gasteiger partial charge in [-0.05, 0) is 67.7 Å². The normalized spacial score (nSPS) is 13.1. The molecule has 2 aromatic carbocycles. The molecule has 33 heavy (non-hydrogen) atoms. The summed E-state index contributed by atoms with van der Waals surface area (Å²) in [6.07, 6.45) is 7.24. The zero-order chi connectivity index (χ0) is 24.8. The highest BCUT2D eigenvalue weighted by Crippen LogP contribution is 2.35. The number of para-hydroxylation sites is 1. The summed E-state index contributed by atoms with van der Waals surface area (Å²) >= 11 is 0. The van der Waals surface area contributed by atoms with E-state index < -0.39 is 0 Å². The van der Waals surface area contributed by atoms with Crippen LogP contribution in [0.1, 0.15) is 97.8 Å². The third-order valence-corrected chi connectivity index (χ3v) is 6.33. The molecule has 0 aliphatic heterocycles. The fourth-order valence-electron chi connectivity index (χ4n) is 3.40. The maximum atomic E-state index is 12.3. The first-order valence-corrected chi connectivity index (χ1v) is 12.9. The van der Waals surface area contributed by atoms with Crippen LogP contribution < -0.4 is 5.32 Å². The van der Waals surface area contributed by atoms with Gasteiger partial charge in [-0.3, -0.25) is 4.79 Å². The van der Waals surface area contributed by atoms with E-state index in [4.69, 9.17) is 0 Å². The van der Waals surface area contributed by atoms with Crippen molar-refractivity contribution in [2.24, 2.45) is 11.8 Å². The Balaban J connectivity index is 0.000000349. The van der Waals surface area contributed by atoms with Crippen LogP contribution in [0, 0.1) is 11.8 Å². The van der Waals surface area contributed by atoms with Crippen LogP contribution in [-0.2, 0) is 17.6 Å². The van der Waals surface area contributed by atoms with Crippen LogP contribution in [0.15, 0.2) is 54.1 Å². The van der Waals surface area contributed by atoms with E-state index in [1.807, 2.05) is 25.1 Å². The number of carbonyl (C=O) groups excluding carboxylic acids is 1. The minimum absolute atomic E-state index is 0.0275. The average molecular weight is 450 g/mol. The second kappa shape index (κ2) is 15.5. The molecule has 1 fully saturated rings. The summed E-state index contributed by atoms with van der Waals surface area (Å²) in [5, 5.41) is 3.10. The molecule has 0 bridgehead atoms. The van der Waals surface area contributed by atoms with Gasteiger partial charge in [0.2, 0.25) is 5.91 Å². The minimum atomic E-state index is 0.0275. The van der Waals surface area contributed by atoms with E-state index in [2.05, 4.69) is 84.1 Å². The zero-order valence-corrected chi connectivity index (χ0v) is 22.4. The van der Waals surface area contributed by atoms with Gasteiger partial charge in [0.1, 0.15) is 0 Å². The van der Waals surface area contributed by atoms with Crippen molar-refractivity contribution in [3.05, 3.63) is 70.8 Å². The molecule has 0 saturated heterocycles. The second-order valence-electron chi connectivity index (χ2n) is 9.38. The van der Waals surface area contributed by atoms with Crippen LogP contribution in [0.2, 0.25) is 0 Å². The van der Waals surface area contributed by atoms with Crippen LogP contribution >= 0.6 is 0 Å². The molecule has 182 valence electrons. The van der Waals surface area contributed by atoms with Gasteiger partial charge in [0, 0.05) is 17.2 Å². The highest BCUT2D eigenvalue weighted by molar-refractivity contribution is 5.95. The van der Waals surface area contributed by atoms with E-state index in [1.54, 1.807) is 0 Å². The smallest absolute Gasteiger partial charge is 0.227 e.